The quantitative estimate of drug-likeness (QED) is 0.316. The van der Waals surface area contributed by atoms with E-state index in [0.29, 0.717) is 6.07 Å². The van der Waals surface area contributed by atoms with Crippen molar-refractivity contribution in [1.82, 2.24) is 0 Å². The lowest BCUT2D eigenvalue weighted by atomic mass is 9.25. The number of phenolic OH excluding ortho intramolecular Hbond substituents is 1. The third kappa shape index (κ3) is 3.57. The summed E-state index contributed by atoms with van der Waals surface area (Å²) in [6.45, 7) is 0. The fourth-order valence-electron chi connectivity index (χ4n) is 12.6. The molecule has 8 bridgehead atoms. The monoisotopic (exact) mass is 652 g/mol. The Morgan fingerprint density at radius 3 is 1.39 bits per heavy atom. The van der Waals surface area contributed by atoms with Gasteiger partial charge in [0, 0.05) is 0 Å². The molecule has 1 N–H and O–H groups in total. The first-order chi connectivity index (χ1) is 19.8. The molecule has 1 nitrogen and oxygen atoms in total. The van der Waals surface area contributed by atoms with Gasteiger partial charge in [-0.3, -0.25) is 0 Å². The van der Waals surface area contributed by atoms with E-state index in [1.807, 2.05) is 0 Å². The molecule has 9 rings (SSSR count). The second-order valence-electron chi connectivity index (χ2n) is 15.7. The summed E-state index contributed by atoms with van der Waals surface area (Å²) in [5, 5.41) is 9.75. The van der Waals surface area contributed by atoms with Gasteiger partial charge in [-0.25, -0.2) is 4.39 Å². The van der Waals surface area contributed by atoms with E-state index in [4.69, 9.17) is 0 Å². The summed E-state index contributed by atoms with van der Waals surface area (Å²) in [5.41, 5.74) is -18.5. The largest absolute Gasteiger partial charge is 0.505 e. The SMILES string of the molecule is Oc1ccc(C23CC4(C(F)(F)F)CC(C(F)(F)F)(C2)CC(C25CC6CC(C(F)(F)F)(CC(C(F)(F)F)(C6)C2)C5)(C3)C4)cc1F. The van der Waals surface area contributed by atoms with Gasteiger partial charge in [0.15, 0.2) is 11.6 Å². The Hall–Kier alpha value is -1.89. The van der Waals surface area contributed by atoms with Crippen LogP contribution in [0.1, 0.15) is 82.6 Å². The maximum atomic E-state index is 15.2. The number of phenols is 1. The average Bonchev–Trinajstić information content (AvgIpc) is 2.81. The highest BCUT2D eigenvalue weighted by molar-refractivity contribution is 5.40. The fourth-order valence-corrected chi connectivity index (χ4v) is 12.6. The zero-order chi connectivity index (χ0) is 32.4. The predicted molar refractivity (Wildman–Crippen MR) is 127 cm³/mol. The third-order valence-corrected chi connectivity index (χ3v) is 13.2. The summed E-state index contributed by atoms with van der Waals surface area (Å²) in [4.78, 5) is 0. The van der Waals surface area contributed by atoms with Crippen molar-refractivity contribution in [3.05, 3.63) is 29.6 Å². The lowest BCUT2D eigenvalue weighted by molar-refractivity contribution is -0.404. The molecule has 14 heteroatoms. The van der Waals surface area contributed by atoms with E-state index >= 15 is 26.3 Å². The normalized spacial score (nSPS) is 46.6. The zero-order valence-electron chi connectivity index (χ0n) is 23.2. The molecule has 4 unspecified atom stereocenters. The molecule has 4 atom stereocenters. The minimum Gasteiger partial charge on any atom is -0.505 e. The van der Waals surface area contributed by atoms with Crippen molar-refractivity contribution in [3.8, 4) is 5.75 Å². The maximum Gasteiger partial charge on any atom is 0.394 e. The molecule has 0 aliphatic heterocycles. The highest BCUT2D eigenvalue weighted by Gasteiger charge is 2.86. The Kier molecular flexibility index (Phi) is 5.57. The third-order valence-electron chi connectivity index (χ3n) is 13.2. The van der Waals surface area contributed by atoms with Crippen LogP contribution in [0.3, 0.4) is 0 Å². The predicted octanol–water partition coefficient (Wildman–Crippen LogP) is 10.3. The molecule has 8 fully saturated rings. The van der Waals surface area contributed by atoms with Crippen LogP contribution in [-0.2, 0) is 5.41 Å². The van der Waals surface area contributed by atoms with Crippen LogP contribution in [-0.4, -0.2) is 29.8 Å². The average molecular weight is 653 g/mol. The van der Waals surface area contributed by atoms with Gasteiger partial charge >= 0.3 is 24.7 Å². The summed E-state index contributed by atoms with van der Waals surface area (Å²) in [7, 11) is 0. The summed E-state index contributed by atoms with van der Waals surface area (Å²) in [6.07, 6.45) is -31.4. The van der Waals surface area contributed by atoms with E-state index < -0.39 is 151 Å². The number of hydrogen-bond acceptors (Lipinski definition) is 1. The van der Waals surface area contributed by atoms with Gasteiger partial charge in [-0.15, -0.1) is 0 Å². The summed E-state index contributed by atoms with van der Waals surface area (Å²) >= 11 is 0. The van der Waals surface area contributed by atoms with E-state index in [9.17, 15) is 35.8 Å². The molecular formula is C30H29F13O. The minimum atomic E-state index is -5.28. The molecule has 0 spiro atoms. The Morgan fingerprint density at radius 1 is 0.523 bits per heavy atom. The first-order valence-corrected chi connectivity index (χ1v) is 14.6. The van der Waals surface area contributed by atoms with Crippen molar-refractivity contribution in [2.75, 3.05) is 0 Å². The molecule has 8 aliphatic rings. The van der Waals surface area contributed by atoms with Crippen molar-refractivity contribution in [2.45, 2.75) is 107 Å². The maximum absolute atomic E-state index is 15.2. The Balaban J connectivity index is 1.51. The van der Waals surface area contributed by atoms with E-state index in [0.717, 1.165) is 12.1 Å². The Morgan fingerprint density at radius 2 is 0.955 bits per heavy atom. The van der Waals surface area contributed by atoms with Gasteiger partial charge in [0.05, 0.1) is 21.7 Å². The number of halogens is 13. The molecule has 0 aromatic heterocycles. The molecular weight excluding hydrogens is 623 g/mol. The smallest absolute Gasteiger partial charge is 0.394 e. The van der Waals surface area contributed by atoms with Crippen LogP contribution in [0.4, 0.5) is 57.1 Å². The molecule has 1 aromatic rings. The summed E-state index contributed by atoms with van der Waals surface area (Å²) in [6, 6.07) is 2.50. The van der Waals surface area contributed by atoms with Gasteiger partial charge in [-0.05, 0) is 117 Å². The van der Waals surface area contributed by atoms with Crippen LogP contribution in [0.15, 0.2) is 18.2 Å². The van der Waals surface area contributed by atoms with Gasteiger partial charge in [0.25, 0.3) is 0 Å². The molecule has 0 heterocycles. The van der Waals surface area contributed by atoms with Gasteiger partial charge in [0.1, 0.15) is 0 Å². The second kappa shape index (κ2) is 7.97. The van der Waals surface area contributed by atoms with Gasteiger partial charge in [-0.1, -0.05) is 6.07 Å². The zero-order valence-corrected chi connectivity index (χ0v) is 23.2. The van der Waals surface area contributed by atoms with Crippen LogP contribution in [0, 0.1) is 44.2 Å². The first-order valence-electron chi connectivity index (χ1n) is 14.6. The Labute approximate surface area is 243 Å². The van der Waals surface area contributed by atoms with Crippen molar-refractivity contribution in [2.24, 2.45) is 38.4 Å². The standard InChI is InChI=1S/C30H29F13O/c31-18-3-17(1-2-19(18)44)20-7-24(13-25(8-20,29(38,39)40)15-26(9-20,14-24)30(41,42)43)21-4-16-5-22(10-21,27(32,33)34)12-23(6-16,11-21)28(35,36)37/h1-3,16,44H,4-15H2. The van der Waals surface area contributed by atoms with Crippen LogP contribution in [0.25, 0.3) is 0 Å². The van der Waals surface area contributed by atoms with Crippen LogP contribution in [0.5, 0.6) is 5.75 Å². The number of aromatic hydroxyl groups is 1. The van der Waals surface area contributed by atoms with Gasteiger partial charge in [0.2, 0.25) is 0 Å². The summed E-state index contributed by atoms with van der Waals surface area (Å²) < 4.78 is 195. The number of rotatable bonds is 2. The minimum absolute atomic E-state index is 0.265. The van der Waals surface area contributed by atoms with Crippen molar-refractivity contribution in [1.29, 1.82) is 0 Å². The highest BCUT2D eigenvalue weighted by Crippen LogP contribution is 2.88. The molecule has 44 heavy (non-hydrogen) atoms. The Bertz CT molecular complexity index is 1340. The summed E-state index contributed by atoms with van der Waals surface area (Å²) in [5.74, 6) is -3.37. The van der Waals surface area contributed by atoms with Gasteiger partial charge in [-0.2, -0.15) is 52.7 Å². The lowest BCUT2D eigenvalue weighted by Gasteiger charge is -2.78. The van der Waals surface area contributed by atoms with E-state index in [1.54, 1.807) is 0 Å². The van der Waals surface area contributed by atoms with Crippen LogP contribution < -0.4 is 0 Å². The molecule has 0 radical (unpaired) electrons. The van der Waals surface area contributed by atoms with Crippen molar-refractivity contribution >= 4 is 0 Å². The molecule has 246 valence electrons. The second-order valence-corrected chi connectivity index (χ2v) is 15.7. The molecule has 1 aromatic carbocycles. The fraction of sp³-hybridized carbons (Fsp3) is 0.800. The van der Waals surface area contributed by atoms with E-state index in [2.05, 4.69) is 0 Å². The number of benzene rings is 1. The van der Waals surface area contributed by atoms with Crippen molar-refractivity contribution in [3.63, 3.8) is 0 Å². The van der Waals surface area contributed by atoms with E-state index in [1.165, 1.54) is 0 Å². The van der Waals surface area contributed by atoms with Crippen molar-refractivity contribution < 1.29 is 62.2 Å². The number of hydrogen-bond donors (Lipinski definition) is 1. The lowest BCUT2D eigenvalue weighted by Crippen LogP contribution is -2.75. The first kappa shape index (κ1) is 30.7. The molecule has 0 saturated heterocycles. The molecule has 0 amide bonds. The van der Waals surface area contributed by atoms with Crippen LogP contribution in [0.2, 0.25) is 0 Å². The van der Waals surface area contributed by atoms with E-state index in [-0.39, 0.29) is 12.0 Å². The van der Waals surface area contributed by atoms with Crippen LogP contribution >= 0.6 is 0 Å². The molecule has 8 aliphatic carbocycles. The number of alkyl halides is 12. The van der Waals surface area contributed by atoms with Gasteiger partial charge < -0.3 is 5.11 Å². The topological polar surface area (TPSA) is 20.2 Å². The molecule has 8 saturated carbocycles. The highest BCUT2D eigenvalue weighted by atomic mass is 19.4.